The van der Waals surface area contributed by atoms with Crippen LogP contribution in [0.4, 0.5) is 0 Å². The summed E-state index contributed by atoms with van der Waals surface area (Å²) in [4.78, 5) is 2.18. The zero-order chi connectivity index (χ0) is 22.1. The zero-order valence-electron chi connectivity index (χ0n) is 18.7. The number of hydrogen-bond donors (Lipinski definition) is 3. The number of methoxy groups -OCH3 is 1. The smallest absolute Gasteiger partial charge is 0.124 e. The number of likely N-dealkylation sites (tertiary alicyclic amines) is 1. The SMILES string of the molecule is COc1ccc(OCC(O)CN2CCC(O)CC2)c(CNCCc2ccccc2C)c1. The second-order valence-corrected chi connectivity index (χ2v) is 8.32. The van der Waals surface area contributed by atoms with Gasteiger partial charge in [-0.15, -0.1) is 0 Å². The summed E-state index contributed by atoms with van der Waals surface area (Å²) in [6, 6.07) is 14.2. The number of hydrogen-bond acceptors (Lipinski definition) is 6. The Kier molecular flexibility index (Phi) is 9.15. The van der Waals surface area contributed by atoms with Crippen LogP contribution in [0, 0.1) is 6.92 Å². The van der Waals surface area contributed by atoms with Gasteiger partial charge in [-0.3, -0.25) is 0 Å². The summed E-state index contributed by atoms with van der Waals surface area (Å²) >= 11 is 0. The van der Waals surface area contributed by atoms with Crippen molar-refractivity contribution in [2.24, 2.45) is 0 Å². The maximum absolute atomic E-state index is 10.4. The summed E-state index contributed by atoms with van der Waals surface area (Å²) in [6.45, 7) is 6.10. The number of nitrogens with zero attached hydrogens (tertiary/aromatic N) is 1. The predicted molar refractivity (Wildman–Crippen MR) is 123 cm³/mol. The van der Waals surface area contributed by atoms with Crippen molar-refractivity contribution < 1.29 is 19.7 Å². The predicted octanol–water partition coefficient (Wildman–Crippen LogP) is 2.53. The number of piperidine rings is 1. The molecule has 0 saturated carbocycles. The lowest BCUT2D eigenvalue weighted by molar-refractivity contribution is 0.0336. The van der Waals surface area contributed by atoms with Crippen LogP contribution in [-0.4, -0.2) is 67.2 Å². The van der Waals surface area contributed by atoms with Gasteiger partial charge >= 0.3 is 0 Å². The van der Waals surface area contributed by atoms with Crippen molar-refractivity contribution in [3.63, 3.8) is 0 Å². The van der Waals surface area contributed by atoms with E-state index in [-0.39, 0.29) is 12.7 Å². The zero-order valence-corrected chi connectivity index (χ0v) is 18.7. The van der Waals surface area contributed by atoms with Crippen molar-refractivity contribution in [3.05, 3.63) is 59.2 Å². The Morgan fingerprint density at radius 2 is 1.90 bits per heavy atom. The molecule has 0 bridgehead atoms. The number of aliphatic hydroxyl groups is 2. The molecule has 6 nitrogen and oxygen atoms in total. The van der Waals surface area contributed by atoms with Gasteiger partial charge in [0, 0.05) is 31.7 Å². The van der Waals surface area contributed by atoms with Crippen LogP contribution in [-0.2, 0) is 13.0 Å². The van der Waals surface area contributed by atoms with Gasteiger partial charge in [0.25, 0.3) is 0 Å². The second kappa shape index (κ2) is 12.1. The van der Waals surface area contributed by atoms with Crippen LogP contribution in [0.1, 0.15) is 29.5 Å². The molecule has 0 aliphatic carbocycles. The van der Waals surface area contributed by atoms with Crippen LogP contribution in [0.3, 0.4) is 0 Å². The maximum atomic E-state index is 10.4. The second-order valence-electron chi connectivity index (χ2n) is 8.32. The van der Waals surface area contributed by atoms with E-state index in [9.17, 15) is 10.2 Å². The highest BCUT2D eigenvalue weighted by Crippen LogP contribution is 2.24. The summed E-state index contributed by atoms with van der Waals surface area (Å²) in [7, 11) is 1.66. The third kappa shape index (κ3) is 7.51. The van der Waals surface area contributed by atoms with E-state index in [2.05, 4.69) is 41.4 Å². The molecule has 0 spiro atoms. The summed E-state index contributed by atoms with van der Waals surface area (Å²) in [6.07, 6.45) is 1.73. The monoisotopic (exact) mass is 428 g/mol. The molecule has 0 radical (unpaired) electrons. The van der Waals surface area contributed by atoms with Gasteiger partial charge in [0.1, 0.15) is 24.2 Å². The highest BCUT2D eigenvalue weighted by Gasteiger charge is 2.20. The minimum Gasteiger partial charge on any atom is -0.497 e. The summed E-state index contributed by atoms with van der Waals surface area (Å²) in [5.41, 5.74) is 3.68. The Bertz CT molecular complexity index is 806. The van der Waals surface area contributed by atoms with Gasteiger partial charge in [-0.2, -0.15) is 0 Å². The minimum absolute atomic E-state index is 0.204. The van der Waals surface area contributed by atoms with Gasteiger partial charge in [-0.1, -0.05) is 24.3 Å². The van der Waals surface area contributed by atoms with E-state index in [1.807, 2.05) is 18.2 Å². The Balaban J connectivity index is 1.49. The Morgan fingerprint density at radius 1 is 1.13 bits per heavy atom. The number of aliphatic hydroxyl groups excluding tert-OH is 2. The first-order valence-electron chi connectivity index (χ1n) is 11.2. The highest BCUT2D eigenvalue weighted by molar-refractivity contribution is 5.40. The molecule has 3 N–H and O–H groups in total. The van der Waals surface area contributed by atoms with Crippen molar-refractivity contribution in [1.82, 2.24) is 10.2 Å². The highest BCUT2D eigenvalue weighted by atomic mass is 16.5. The maximum Gasteiger partial charge on any atom is 0.124 e. The third-order valence-corrected chi connectivity index (χ3v) is 5.87. The molecule has 1 saturated heterocycles. The van der Waals surface area contributed by atoms with Gasteiger partial charge in [-0.05, 0) is 62.1 Å². The molecule has 6 heteroatoms. The topological polar surface area (TPSA) is 74.2 Å². The minimum atomic E-state index is -0.570. The van der Waals surface area contributed by atoms with E-state index >= 15 is 0 Å². The van der Waals surface area contributed by atoms with Gasteiger partial charge in [0.15, 0.2) is 0 Å². The van der Waals surface area contributed by atoms with E-state index in [1.165, 1.54) is 11.1 Å². The van der Waals surface area contributed by atoms with Gasteiger partial charge in [0.05, 0.1) is 13.2 Å². The Morgan fingerprint density at radius 3 is 2.65 bits per heavy atom. The fourth-order valence-electron chi connectivity index (χ4n) is 3.94. The van der Waals surface area contributed by atoms with Crippen LogP contribution in [0.15, 0.2) is 42.5 Å². The number of benzene rings is 2. The first kappa shape index (κ1) is 23.5. The van der Waals surface area contributed by atoms with Crippen LogP contribution in [0.5, 0.6) is 11.5 Å². The van der Waals surface area contributed by atoms with Crippen LogP contribution in [0.2, 0.25) is 0 Å². The van der Waals surface area contributed by atoms with Crippen molar-refractivity contribution in [1.29, 1.82) is 0 Å². The number of aryl methyl sites for hydroxylation is 1. The van der Waals surface area contributed by atoms with Gasteiger partial charge < -0.3 is 29.9 Å². The molecular formula is C25H36N2O4. The first-order valence-corrected chi connectivity index (χ1v) is 11.2. The molecular weight excluding hydrogens is 392 g/mol. The number of ether oxygens (including phenoxy) is 2. The molecule has 3 rings (SSSR count). The van der Waals surface area contributed by atoms with Crippen LogP contribution < -0.4 is 14.8 Å². The van der Waals surface area contributed by atoms with E-state index in [4.69, 9.17) is 9.47 Å². The quantitative estimate of drug-likeness (QED) is 0.478. The third-order valence-electron chi connectivity index (χ3n) is 5.87. The normalized spacial score (nSPS) is 16.3. The van der Waals surface area contributed by atoms with Crippen LogP contribution >= 0.6 is 0 Å². The van der Waals surface area contributed by atoms with Crippen LogP contribution in [0.25, 0.3) is 0 Å². The van der Waals surface area contributed by atoms with E-state index in [0.717, 1.165) is 56.0 Å². The molecule has 0 amide bonds. The molecule has 31 heavy (non-hydrogen) atoms. The van der Waals surface area contributed by atoms with Crippen molar-refractivity contribution in [2.45, 2.75) is 44.9 Å². The van der Waals surface area contributed by atoms with Crippen molar-refractivity contribution >= 4 is 0 Å². The molecule has 170 valence electrons. The molecule has 2 aromatic carbocycles. The van der Waals surface area contributed by atoms with Gasteiger partial charge in [0.2, 0.25) is 0 Å². The summed E-state index contributed by atoms with van der Waals surface area (Å²) in [5.74, 6) is 1.55. The molecule has 1 fully saturated rings. The van der Waals surface area contributed by atoms with Gasteiger partial charge in [-0.25, -0.2) is 0 Å². The molecule has 1 aliphatic heterocycles. The number of rotatable bonds is 11. The fourth-order valence-corrected chi connectivity index (χ4v) is 3.94. The number of nitrogens with one attached hydrogen (secondary N) is 1. The Hall–Kier alpha value is -2.12. The summed E-state index contributed by atoms with van der Waals surface area (Å²) in [5, 5.41) is 23.5. The largest absolute Gasteiger partial charge is 0.497 e. The summed E-state index contributed by atoms with van der Waals surface area (Å²) < 4.78 is 11.4. The molecule has 1 unspecified atom stereocenters. The first-order chi connectivity index (χ1) is 15.0. The fraction of sp³-hybridized carbons (Fsp3) is 0.520. The molecule has 2 aromatic rings. The number of β-amino-alcohol motifs (C(OH)–C–C–N with tert-alkyl or cyclic N) is 1. The Labute approximate surface area is 185 Å². The van der Waals surface area contributed by atoms with Crippen molar-refractivity contribution in [3.8, 4) is 11.5 Å². The standard InChI is InChI=1S/C25H36N2O4/c1-19-5-3-4-6-20(19)9-12-26-16-21-15-24(30-2)7-8-25(21)31-18-23(29)17-27-13-10-22(28)11-14-27/h3-8,15,22-23,26,28-29H,9-14,16-18H2,1-2H3. The van der Waals surface area contributed by atoms with E-state index in [1.54, 1.807) is 7.11 Å². The lowest BCUT2D eigenvalue weighted by Crippen LogP contribution is -2.41. The molecule has 1 aliphatic rings. The van der Waals surface area contributed by atoms with Crippen molar-refractivity contribution in [2.75, 3.05) is 39.9 Å². The average Bonchev–Trinajstić information content (AvgIpc) is 2.78. The molecule has 1 atom stereocenters. The lowest BCUT2D eigenvalue weighted by Gasteiger charge is -2.31. The molecule has 1 heterocycles. The van der Waals surface area contributed by atoms with E-state index < -0.39 is 6.10 Å². The van der Waals surface area contributed by atoms with E-state index in [0.29, 0.717) is 13.1 Å². The lowest BCUT2D eigenvalue weighted by atomic mass is 10.1. The molecule has 0 aromatic heterocycles. The average molecular weight is 429 g/mol.